The number of nitrogens with one attached hydrogen (secondary N) is 2. The van der Waals surface area contributed by atoms with Gasteiger partial charge >= 0.3 is 0 Å². The number of piperidine rings is 1. The van der Waals surface area contributed by atoms with E-state index in [0.29, 0.717) is 37.0 Å². The highest BCUT2D eigenvalue weighted by atomic mass is 35.5. The van der Waals surface area contributed by atoms with Gasteiger partial charge in [-0.05, 0) is 82.6 Å². The highest BCUT2D eigenvalue weighted by Gasteiger charge is 2.25. The van der Waals surface area contributed by atoms with Crippen molar-refractivity contribution in [1.29, 1.82) is 0 Å². The third kappa shape index (κ3) is 8.50. The molecule has 0 bridgehead atoms. The molecule has 1 aromatic carbocycles. The van der Waals surface area contributed by atoms with Crippen LogP contribution in [-0.2, 0) is 20.9 Å². The summed E-state index contributed by atoms with van der Waals surface area (Å²) in [6, 6.07) is 11.2. The van der Waals surface area contributed by atoms with Crippen molar-refractivity contribution in [3.8, 4) is 11.3 Å². The maximum Gasteiger partial charge on any atom is 0.234 e. The lowest BCUT2D eigenvalue weighted by atomic mass is 9.96. The van der Waals surface area contributed by atoms with E-state index in [4.69, 9.17) is 20.8 Å². The molecule has 2 N–H and O–H groups in total. The van der Waals surface area contributed by atoms with Crippen molar-refractivity contribution >= 4 is 23.4 Å². The molecule has 33 heavy (non-hydrogen) atoms. The summed E-state index contributed by atoms with van der Waals surface area (Å²) in [5, 5.41) is 6.59. The predicted molar refractivity (Wildman–Crippen MR) is 129 cm³/mol. The molecule has 0 saturated carbocycles. The summed E-state index contributed by atoms with van der Waals surface area (Å²) < 4.78 is 11.3. The van der Waals surface area contributed by atoms with Crippen molar-refractivity contribution < 1.29 is 18.7 Å². The van der Waals surface area contributed by atoms with Gasteiger partial charge in [0, 0.05) is 29.7 Å². The first-order chi connectivity index (χ1) is 15.9. The van der Waals surface area contributed by atoms with Gasteiger partial charge in [-0.2, -0.15) is 0 Å². The number of nitrogens with zero attached hydrogens (tertiary/aromatic N) is 1. The standard InChI is InChI=1S/C25H34ClN3O4/c1-18(2)32-15-3-12-27-25(31)20-10-13-29(14-11-20)17-24(30)28-16-22-8-9-23(33-22)19-4-6-21(26)7-5-19/h4-9,18,20H,3,10-17H2,1-2H3,(H,27,31)(H,28,30). The Morgan fingerprint density at radius 1 is 1.12 bits per heavy atom. The van der Waals surface area contributed by atoms with Crippen LogP contribution in [0.5, 0.6) is 0 Å². The summed E-state index contributed by atoms with van der Waals surface area (Å²) in [4.78, 5) is 26.8. The summed E-state index contributed by atoms with van der Waals surface area (Å²) in [5.41, 5.74) is 0.938. The van der Waals surface area contributed by atoms with Crippen LogP contribution in [0.2, 0.25) is 5.02 Å². The van der Waals surface area contributed by atoms with Crippen molar-refractivity contribution in [2.75, 3.05) is 32.8 Å². The zero-order valence-electron chi connectivity index (χ0n) is 19.4. The molecule has 2 heterocycles. The number of carbonyl (C=O) groups excluding carboxylic acids is 2. The largest absolute Gasteiger partial charge is 0.459 e. The minimum atomic E-state index is -0.0486. The van der Waals surface area contributed by atoms with Crippen LogP contribution in [0, 0.1) is 5.92 Å². The number of rotatable bonds is 11. The number of furan rings is 1. The summed E-state index contributed by atoms with van der Waals surface area (Å²) in [6.45, 7) is 7.45. The molecule has 0 spiro atoms. The molecule has 2 amide bonds. The highest BCUT2D eigenvalue weighted by molar-refractivity contribution is 6.30. The number of hydrogen-bond donors (Lipinski definition) is 2. The molecular formula is C25H34ClN3O4. The Balaban J connectivity index is 1.32. The van der Waals surface area contributed by atoms with Gasteiger partial charge in [0.05, 0.1) is 19.2 Å². The Labute approximate surface area is 200 Å². The van der Waals surface area contributed by atoms with Crippen molar-refractivity contribution in [3.05, 3.63) is 47.2 Å². The normalized spacial score (nSPS) is 15.0. The second-order valence-corrected chi connectivity index (χ2v) is 9.10. The maximum atomic E-state index is 12.4. The van der Waals surface area contributed by atoms with Crippen molar-refractivity contribution in [3.63, 3.8) is 0 Å². The Kier molecular flexibility index (Phi) is 9.78. The Hall–Kier alpha value is -2.35. The molecule has 7 nitrogen and oxygen atoms in total. The van der Waals surface area contributed by atoms with E-state index in [1.165, 1.54) is 0 Å². The number of hydrogen-bond acceptors (Lipinski definition) is 5. The van der Waals surface area contributed by atoms with Crippen LogP contribution >= 0.6 is 11.6 Å². The first-order valence-electron chi connectivity index (χ1n) is 11.6. The summed E-state index contributed by atoms with van der Waals surface area (Å²) in [6.07, 6.45) is 2.57. The quantitative estimate of drug-likeness (QED) is 0.482. The molecule has 1 aromatic heterocycles. The maximum absolute atomic E-state index is 12.4. The van der Waals surface area contributed by atoms with E-state index in [9.17, 15) is 9.59 Å². The lowest BCUT2D eigenvalue weighted by molar-refractivity contribution is -0.127. The Morgan fingerprint density at radius 3 is 2.55 bits per heavy atom. The number of halogens is 1. The van der Waals surface area contributed by atoms with Gasteiger partial charge in [-0.1, -0.05) is 11.6 Å². The molecule has 180 valence electrons. The van der Waals surface area contributed by atoms with Crippen molar-refractivity contribution in [2.24, 2.45) is 5.92 Å². The van der Waals surface area contributed by atoms with E-state index >= 15 is 0 Å². The van der Waals surface area contributed by atoms with Crippen molar-refractivity contribution in [2.45, 2.75) is 45.8 Å². The first-order valence-corrected chi connectivity index (χ1v) is 12.0. The molecule has 0 radical (unpaired) electrons. The third-order valence-corrected chi connectivity index (χ3v) is 5.90. The summed E-state index contributed by atoms with van der Waals surface area (Å²) in [7, 11) is 0. The zero-order valence-corrected chi connectivity index (χ0v) is 20.2. The predicted octanol–water partition coefficient (Wildman–Crippen LogP) is 3.86. The summed E-state index contributed by atoms with van der Waals surface area (Å²) >= 11 is 5.93. The molecule has 2 aromatic rings. The molecule has 1 aliphatic heterocycles. The van der Waals surface area contributed by atoms with Gasteiger partial charge in [0.1, 0.15) is 11.5 Å². The van der Waals surface area contributed by atoms with Gasteiger partial charge < -0.3 is 19.8 Å². The summed E-state index contributed by atoms with van der Waals surface area (Å²) in [5.74, 6) is 1.52. The van der Waals surface area contributed by atoms with Gasteiger partial charge in [0.15, 0.2) is 0 Å². The average Bonchev–Trinajstić information content (AvgIpc) is 3.27. The van der Waals surface area contributed by atoms with Gasteiger partial charge in [-0.25, -0.2) is 0 Å². The number of likely N-dealkylation sites (tertiary alicyclic amines) is 1. The van der Waals surface area contributed by atoms with E-state index in [2.05, 4.69) is 15.5 Å². The topological polar surface area (TPSA) is 83.8 Å². The Morgan fingerprint density at radius 2 is 1.85 bits per heavy atom. The fourth-order valence-electron chi connectivity index (χ4n) is 3.79. The van der Waals surface area contributed by atoms with E-state index in [1.807, 2.05) is 50.2 Å². The van der Waals surface area contributed by atoms with Crippen LogP contribution in [0.15, 0.2) is 40.8 Å². The molecule has 1 fully saturated rings. The number of amides is 2. The highest BCUT2D eigenvalue weighted by Crippen LogP contribution is 2.24. The Bertz CT molecular complexity index is 889. The number of benzene rings is 1. The lowest BCUT2D eigenvalue weighted by Crippen LogP contribution is -2.44. The molecule has 3 rings (SSSR count). The van der Waals surface area contributed by atoms with Gasteiger partial charge in [0.25, 0.3) is 0 Å². The van der Waals surface area contributed by atoms with Crippen LogP contribution in [0.4, 0.5) is 0 Å². The van der Waals surface area contributed by atoms with Crippen LogP contribution in [0.3, 0.4) is 0 Å². The average molecular weight is 476 g/mol. The zero-order chi connectivity index (χ0) is 23.6. The van der Waals surface area contributed by atoms with Crippen LogP contribution < -0.4 is 10.6 Å². The molecule has 0 atom stereocenters. The van der Waals surface area contributed by atoms with E-state index in [1.54, 1.807) is 0 Å². The monoisotopic (exact) mass is 475 g/mol. The SMILES string of the molecule is CC(C)OCCCNC(=O)C1CCN(CC(=O)NCc2ccc(-c3ccc(Cl)cc3)o2)CC1. The second-order valence-electron chi connectivity index (χ2n) is 8.66. The fraction of sp³-hybridized carbons (Fsp3) is 0.520. The molecule has 0 unspecified atom stereocenters. The van der Waals surface area contributed by atoms with E-state index < -0.39 is 0 Å². The van der Waals surface area contributed by atoms with Crippen LogP contribution in [-0.4, -0.2) is 55.6 Å². The third-order valence-electron chi connectivity index (χ3n) is 5.65. The molecule has 1 saturated heterocycles. The van der Waals surface area contributed by atoms with Crippen LogP contribution in [0.25, 0.3) is 11.3 Å². The molecule has 1 aliphatic rings. The molecular weight excluding hydrogens is 442 g/mol. The van der Waals surface area contributed by atoms with Gasteiger partial charge in [-0.3, -0.25) is 14.5 Å². The minimum absolute atomic E-state index is 0.0183. The van der Waals surface area contributed by atoms with E-state index in [0.717, 1.165) is 43.7 Å². The number of carbonyl (C=O) groups is 2. The fourth-order valence-corrected chi connectivity index (χ4v) is 3.91. The molecule has 0 aliphatic carbocycles. The first kappa shape index (κ1) is 25.3. The smallest absolute Gasteiger partial charge is 0.234 e. The second kappa shape index (κ2) is 12.8. The lowest BCUT2D eigenvalue weighted by Gasteiger charge is -2.30. The van der Waals surface area contributed by atoms with Gasteiger partial charge in [-0.15, -0.1) is 0 Å². The van der Waals surface area contributed by atoms with Crippen molar-refractivity contribution in [1.82, 2.24) is 15.5 Å². The minimum Gasteiger partial charge on any atom is -0.459 e. The van der Waals surface area contributed by atoms with E-state index in [-0.39, 0.29) is 23.8 Å². The van der Waals surface area contributed by atoms with Gasteiger partial charge in [0.2, 0.25) is 11.8 Å². The molecule has 8 heteroatoms. The number of ether oxygens (including phenoxy) is 1. The van der Waals surface area contributed by atoms with Crippen LogP contribution in [0.1, 0.15) is 38.9 Å².